The summed E-state index contributed by atoms with van der Waals surface area (Å²) in [5.41, 5.74) is 1.40. The van der Waals surface area contributed by atoms with Crippen LogP contribution >= 0.6 is 0 Å². The lowest BCUT2D eigenvalue weighted by Gasteiger charge is -2.23. The molecule has 0 saturated heterocycles. The summed E-state index contributed by atoms with van der Waals surface area (Å²) in [6.45, 7) is 1.72. The van der Waals surface area contributed by atoms with Gasteiger partial charge in [0.25, 0.3) is 0 Å². The van der Waals surface area contributed by atoms with Crippen LogP contribution in [0.2, 0.25) is 0 Å². The molecule has 1 spiro atoms. The Morgan fingerprint density at radius 3 is 3.27 bits per heavy atom. The lowest BCUT2D eigenvalue weighted by Crippen LogP contribution is -2.29. The van der Waals surface area contributed by atoms with Gasteiger partial charge in [-0.15, -0.1) is 0 Å². The molecule has 1 saturated carbocycles. The maximum Gasteiger partial charge on any atom is 0.0893 e. The molecule has 3 rings (SSSR count). The second-order valence-electron chi connectivity index (χ2n) is 3.45. The van der Waals surface area contributed by atoms with Gasteiger partial charge in [0.05, 0.1) is 24.4 Å². The molecule has 2 heterocycles. The monoisotopic (exact) mass is 150 g/mol. The predicted molar refractivity (Wildman–Crippen MR) is 39.0 cm³/mol. The molecule has 1 aliphatic carbocycles. The first-order valence-electron chi connectivity index (χ1n) is 4.03. The van der Waals surface area contributed by atoms with E-state index < -0.39 is 0 Å². The number of aromatic nitrogens is 2. The van der Waals surface area contributed by atoms with Gasteiger partial charge in [-0.25, -0.2) is 0 Å². The largest absolute Gasteiger partial charge is 0.367 e. The number of nitrogens with zero attached hydrogens (tertiary/aromatic N) is 2. The van der Waals surface area contributed by atoms with Crippen LogP contribution in [0.5, 0.6) is 0 Å². The van der Waals surface area contributed by atoms with Gasteiger partial charge in [0.2, 0.25) is 0 Å². The van der Waals surface area contributed by atoms with Crippen LogP contribution in [0, 0.1) is 0 Å². The highest BCUT2D eigenvalue weighted by Crippen LogP contribution is 2.43. The molecule has 58 valence electrons. The van der Waals surface area contributed by atoms with Gasteiger partial charge in [0.15, 0.2) is 0 Å². The molecule has 1 aromatic heterocycles. The van der Waals surface area contributed by atoms with E-state index >= 15 is 0 Å². The summed E-state index contributed by atoms with van der Waals surface area (Å²) in [5, 5.41) is 4.23. The van der Waals surface area contributed by atoms with Gasteiger partial charge in [-0.3, -0.25) is 4.68 Å². The van der Waals surface area contributed by atoms with Crippen LogP contribution in [-0.4, -0.2) is 15.4 Å². The van der Waals surface area contributed by atoms with Crippen molar-refractivity contribution in [3.05, 3.63) is 18.0 Å². The summed E-state index contributed by atoms with van der Waals surface area (Å²) in [6, 6.07) is 2.02. The maximum atomic E-state index is 5.70. The molecule has 0 aromatic carbocycles. The first kappa shape index (κ1) is 5.77. The second-order valence-corrected chi connectivity index (χ2v) is 3.45. The van der Waals surface area contributed by atoms with Crippen molar-refractivity contribution >= 4 is 0 Å². The predicted octanol–water partition coefficient (Wildman–Crippen LogP) is 0.946. The van der Waals surface area contributed by atoms with Crippen molar-refractivity contribution < 1.29 is 4.74 Å². The number of rotatable bonds is 0. The highest BCUT2D eigenvalue weighted by molar-refractivity contribution is 5.07. The van der Waals surface area contributed by atoms with Crippen LogP contribution in [-0.2, 0) is 17.9 Å². The molecule has 1 aliphatic heterocycles. The van der Waals surface area contributed by atoms with Crippen LogP contribution in [0.25, 0.3) is 0 Å². The second kappa shape index (κ2) is 1.67. The average molecular weight is 150 g/mol. The van der Waals surface area contributed by atoms with Crippen molar-refractivity contribution in [1.29, 1.82) is 0 Å². The molecule has 0 unspecified atom stereocenters. The molecule has 0 N–H and O–H groups in total. The van der Waals surface area contributed by atoms with Crippen molar-refractivity contribution in [2.75, 3.05) is 0 Å². The minimum Gasteiger partial charge on any atom is -0.367 e. The van der Waals surface area contributed by atoms with Crippen LogP contribution in [0.1, 0.15) is 18.5 Å². The number of hydrogen-bond acceptors (Lipinski definition) is 2. The highest BCUT2D eigenvalue weighted by Gasteiger charge is 2.47. The molecular formula is C8H10N2O. The smallest absolute Gasteiger partial charge is 0.0893 e. The molecule has 11 heavy (non-hydrogen) atoms. The molecule has 3 heteroatoms. The first-order chi connectivity index (χ1) is 5.38. The van der Waals surface area contributed by atoms with Crippen LogP contribution in [0.15, 0.2) is 12.3 Å². The summed E-state index contributed by atoms with van der Waals surface area (Å²) in [5.74, 6) is 0. The van der Waals surface area contributed by atoms with Crippen molar-refractivity contribution in [2.45, 2.75) is 31.6 Å². The number of hydrogen-bond donors (Lipinski definition) is 0. The minimum absolute atomic E-state index is 0.193. The number of fused-ring (bicyclic) bond motifs is 1. The van der Waals surface area contributed by atoms with Gasteiger partial charge < -0.3 is 4.74 Å². The highest BCUT2D eigenvalue weighted by atomic mass is 16.5. The lowest BCUT2D eigenvalue weighted by molar-refractivity contribution is -0.0198. The van der Waals surface area contributed by atoms with E-state index in [-0.39, 0.29) is 5.60 Å². The Kier molecular flexibility index (Phi) is 0.874. The molecule has 0 amide bonds. The Hall–Kier alpha value is -0.830. The van der Waals surface area contributed by atoms with E-state index in [2.05, 4.69) is 9.78 Å². The van der Waals surface area contributed by atoms with Crippen LogP contribution in [0.3, 0.4) is 0 Å². The summed E-state index contributed by atoms with van der Waals surface area (Å²) in [6.07, 6.45) is 4.28. The van der Waals surface area contributed by atoms with E-state index in [1.807, 2.05) is 12.3 Å². The molecular weight excluding hydrogens is 140 g/mol. The normalized spacial score (nSPS) is 25.1. The standard InChI is InChI=1S/C8H10N2O/c1-4-9-10-6-8(2-3-8)11-5-7(1)10/h1,4H,2-3,5-6H2. The van der Waals surface area contributed by atoms with Gasteiger partial charge in [-0.2, -0.15) is 5.10 Å². The molecule has 2 aliphatic rings. The lowest BCUT2D eigenvalue weighted by atomic mass is 10.3. The zero-order valence-corrected chi connectivity index (χ0v) is 6.29. The Balaban J connectivity index is 2.00. The molecule has 0 atom stereocenters. The third kappa shape index (κ3) is 0.744. The topological polar surface area (TPSA) is 27.1 Å². The van der Waals surface area contributed by atoms with Crippen LogP contribution < -0.4 is 0 Å². The van der Waals surface area contributed by atoms with Crippen molar-refractivity contribution in [1.82, 2.24) is 9.78 Å². The summed E-state index contributed by atoms with van der Waals surface area (Å²) in [4.78, 5) is 0. The molecule has 1 fully saturated rings. The Bertz CT molecular complexity index is 288. The quantitative estimate of drug-likeness (QED) is 0.550. The van der Waals surface area contributed by atoms with Crippen molar-refractivity contribution in [2.24, 2.45) is 0 Å². The van der Waals surface area contributed by atoms with E-state index in [0.29, 0.717) is 0 Å². The van der Waals surface area contributed by atoms with Crippen molar-refractivity contribution in [3.8, 4) is 0 Å². The molecule has 3 nitrogen and oxygen atoms in total. The summed E-state index contributed by atoms with van der Waals surface area (Å²) >= 11 is 0. The Morgan fingerprint density at radius 1 is 1.55 bits per heavy atom. The van der Waals surface area contributed by atoms with E-state index in [1.54, 1.807) is 0 Å². The van der Waals surface area contributed by atoms with E-state index in [4.69, 9.17) is 4.74 Å². The Morgan fingerprint density at radius 2 is 2.45 bits per heavy atom. The molecule has 0 radical (unpaired) electrons. The van der Waals surface area contributed by atoms with Crippen LogP contribution in [0.4, 0.5) is 0 Å². The van der Waals surface area contributed by atoms with Gasteiger partial charge in [0.1, 0.15) is 0 Å². The minimum atomic E-state index is 0.193. The fraction of sp³-hybridized carbons (Fsp3) is 0.625. The third-order valence-corrected chi connectivity index (χ3v) is 2.58. The fourth-order valence-corrected chi connectivity index (χ4v) is 1.61. The summed E-state index contributed by atoms with van der Waals surface area (Å²) < 4.78 is 7.77. The van der Waals surface area contributed by atoms with Gasteiger partial charge in [0, 0.05) is 6.20 Å². The third-order valence-electron chi connectivity index (χ3n) is 2.58. The Labute approximate surface area is 65.0 Å². The van der Waals surface area contributed by atoms with Gasteiger partial charge in [-0.05, 0) is 18.9 Å². The fourth-order valence-electron chi connectivity index (χ4n) is 1.61. The molecule has 0 bridgehead atoms. The zero-order valence-electron chi connectivity index (χ0n) is 6.29. The van der Waals surface area contributed by atoms with E-state index in [0.717, 1.165) is 13.2 Å². The van der Waals surface area contributed by atoms with Crippen molar-refractivity contribution in [3.63, 3.8) is 0 Å². The first-order valence-corrected chi connectivity index (χ1v) is 4.03. The molecule has 1 aromatic rings. The average Bonchev–Trinajstić information content (AvgIpc) is 2.63. The van der Waals surface area contributed by atoms with Gasteiger partial charge in [-0.1, -0.05) is 0 Å². The maximum absolute atomic E-state index is 5.70. The van der Waals surface area contributed by atoms with E-state index in [1.165, 1.54) is 18.5 Å². The number of ether oxygens (including phenoxy) is 1. The summed E-state index contributed by atoms with van der Waals surface area (Å²) in [7, 11) is 0. The van der Waals surface area contributed by atoms with Gasteiger partial charge >= 0.3 is 0 Å². The zero-order chi connectivity index (χ0) is 7.31. The SMILES string of the molecule is c1cc2n(n1)CC1(CC1)OC2. The van der Waals surface area contributed by atoms with E-state index in [9.17, 15) is 0 Å².